The molecule has 0 aromatic heterocycles. The number of nitrogens with zero attached hydrogens (tertiary/aromatic N) is 1. The lowest BCUT2D eigenvalue weighted by atomic mass is 9.85. The highest BCUT2D eigenvalue weighted by molar-refractivity contribution is 5.97. The summed E-state index contributed by atoms with van der Waals surface area (Å²) in [6.45, 7) is 7.69. The summed E-state index contributed by atoms with van der Waals surface area (Å²) in [4.78, 5) is 27.1. The summed E-state index contributed by atoms with van der Waals surface area (Å²) in [6.07, 6.45) is 5.91. The van der Waals surface area contributed by atoms with Crippen LogP contribution in [0.4, 0.5) is 5.69 Å². The van der Waals surface area contributed by atoms with E-state index in [1.165, 1.54) is 25.7 Å². The van der Waals surface area contributed by atoms with Gasteiger partial charge in [-0.2, -0.15) is 0 Å². The molecule has 0 bridgehead atoms. The summed E-state index contributed by atoms with van der Waals surface area (Å²) in [5, 5.41) is 9.45. The third-order valence-electron chi connectivity index (χ3n) is 6.20. The summed E-state index contributed by atoms with van der Waals surface area (Å²) in [5.41, 5.74) is 1.35. The maximum Gasteiger partial charge on any atom is 0.251 e. The summed E-state index contributed by atoms with van der Waals surface area (Å²) in [5.74, 6) is 0.601. The Morgan fingerprint density at radius 3 is 2.50 bits per heavy atom. The van der Waals surface area contributed by atoms with Crippen LogP contribution in [0.25, 0.3) is 0 Å². The molecule has 6 heteroatoms. The lowest BCUT2D eigenvalue weighted by molar-refractivity contribution is -0.117. The molecule has 0 spiro atoms. The third kappa shape index (κ3) is 5.32. The van der Waals surface area contributed by atoms with Crippen molar-refractivity contribution in [3.8, 4) is 0 Å². The van der Waals surface area contributed by atoms with Crippen LogP contribution in [-0.2, 0) is 4.79 Å². The molecule has 2 amide bonds. The average Bonchev–Trinajstić information content (AvgIpc) is 3.16. The lowest BCUT2D eigenvalue weighted by Crippen LogP contribution is -2.39. The van der Waals surface area contributed by atoms with Crippen LogP contribution in [0, 0.1) is 5.92 Å². The van der Waals surface area contributed by atoms with E-state index in [4.69, 9.17) is 0 Å². The quantitative estimate of drug-likeness (QED) is 0.642. The Balaban J connectivity index is 1.46. The molecule has 1 aliphatic heterocycles. The van der Waals surface area contributed by atoms with Gasteiger partial charge in [-0.3, -0.25) is 9.59 Å². The van der Waals surface area contributed by atoms with Gasteiger partial charge in [0.2, 0.25) is 5.91 Å². The van der Waals surface area contributed by atoms with E-state index >= 15 is 0 Å². The molecule has 3 rings (SSSR count). The first-order chi connectivity index (χ1) is 13.6. The molecular formula is C22H34N4O2. The van der Waals surface area contributed by atoms with E-state index in [1.54, 1.807) is 24.3 Å². The normalized spacial score (nSPS) is 24.0. The van der Waals surface area contributed by atoms with Crippen LogP contribution in [0.2, 0.25) is 0 Å². The first kappa shape index (κ1) is 20.8. The number of likely N-dealkylation sites (N-methyl/N-ethyl adjacent to an activating group) is 1. The highest BCUT2D eigenvalue weighted by Gasteiger charge is 2.38. The van der Waals surface area contributed by atoms with E-state index in [-0.39, 0.29) is 17.9 Å². The van der Waals surface area contributed by atoms with Crippen molar-refractivity contribution in [1.29, 1.82) is 0 Å². The van der Waals surface area contributed by atoms with E-state index in [2.05, 4.69) is 34.7 Å². The van der Waals surface area contributed by atoms with Gasteiger partial charge in [-0.1, -0.05) is 26.7 Å². The predicted molar refractivity (Wildman–Crippen MR) is 112 cm³/mol. The number of nitrogens with one attached hydrogen (secondary N) is 3. The second-order valence-electron chi connectivity index (χ2n) is 7.96. The molecule has 3 atom stereocenters. The van der Waals surface area contributed by atoms with Crippen LogP contribution >= 0.6 is 0 Å². The van der Waals surface area contributed by atoms with Gasteiger partial charge in [0.15, 0.2) is 0 Å². The number of amides is 2. The van der Waals surface area contributed by atoms with Crippen molar-refractivity contribution in [2.75, 3.05) is 31.5 Å². The van der Waals surface area contributed by atoms with Gasteiger partial charge in [-0.25, -0.2) is 0 Å². The second kappa shape index (κ2) is 10.0. The van der Waals surface area contributed by atoms with Gasteiger partial charge in [0, 0.05) is 30.4 Å². The van der Waals surface area contributed by atoms with Gasteiger partial charge >= 0.3 is 0 Å². The number of hydrogen-bond donors (Lipinski definition) is 3. The third-order valence-corrected chi connectivity index (χ3v) is 6.20. The zero-order valence-corrected chi connectivity index (χ0v) is 17.2. The van der Waals surface area contributed by atoms with Crippen molar-refractivity contribution in [3.63, 3.8) is 0 Å². The van der Waals surface area contributed by atoms with Crippen molar-refractivity contribution >= 4 is 17.5 Å². The minimum atomic E-state index is -0.101. The molecule has 1 saturated carbocycles. The fourth-order valence-corrected chi connectivity index (χ4v) is 4.42. The summed E-state index contributed by atoms with van der Waals surface area (Å²) >= 11 is 0. The minimum absolute atomic E-state index is 0.0332. The fourth-order valence-electron chi connectivity index (χ4n) is 4.42. The van der Waals surface area contributed by atoms with E-state index in [1.807, 2.05) is 0 Å². The molecule has 3 N–H and O–H groups in total. The van der Waals surface area contributed by atoms with Gasteiger partial charge in [0.25, 0.3) is 5.91 Å². The van der Waals surface area contributed by atoms with E-state index in [0.29, 0.717) is 24.1 Å². The number of hydrogen-bond acceptors (Lipinski definition) is 4. The Hall–Kier alpha value is -1.92. The van der Waals surface area contributed by atoms with E-state index in [0.717, 1.165) is 31.7 Å². The van der Waals surface area contributed by atoms with Crippen molar-refractivity contribution in [2.24, 2.45) is 5.92 Å². The van der Waals surface area contributed by atoms with Gasteiger partial charge in [-0.15, -0.1) is 0 Å². The number of anilines is 1. The molecule has 1 aromatic carbocycles. The maximum absolute atomic E-state index is 12.6. The molecule has 2 aliphatic rings. The Kier molecular flexibility index (Phi) is 7.45. The first-order valence-electron chi connectivity index (χ1n) is 10.8. The van der Waals surface area contributed by atoms with Gasteiger partial charge in [-0.05, 0) is 62.5 Å². The van der Waals surface area contributed by atoms with Crippen LogP contribution in [0.3, 0.4) is 0 Å². The smallest absolute Gasteiger partial charge is 0.251 e. The summed E-state index contributed by atoms with van der Waals surface area (Å²) in [6, 6.07) is 7.55. The van der Waals surface area contributed by atoms with E-state index < -0.39 is 0 Å². The van der Waals surface area contributed by atoms with E-state index in [9.17, 15) is 9.59 Å². The number of rotatable bonds is 8. The summed E-state index contributed by atoms with van der Waals surface area (Å²) < 4.78 is 0. The van der Waals surface area contributed by atoms with Crippen LogP contribution in [0.5, 0.6) is 0 Å². The zero-order valence-electron chi connectivity index (χ0n) is 17.2. The molecule has 1 aromatic rings. The van der Waals surface area contributed by atoms with Gasteiger partial charge < -0.3 is 20.9 Å². The molecule has 28 heavy (non-hydrogen) atoms. The zero-order chi connectivity index (χ0) is 19.9. The highest BCUT2D eigenvalue weighted by atomic mass is 16.2. The van der Waals surface area contributed by atoms with Gasteiger partial charge in [0.1, 0.15) is 0 Å². The van der Waals surface area contributed by atoms with Crippen molar-refractivity contribution in [3.05, 3.63) is 29.8 Å². The van der Waals surface area contributed by atoms with Crippen LogP contribution in [0.1, 0.15) is 56.3 Å². The van der Waals surface area contributed by atoms with Crippen LogP contribution in [0.15, 0.2) is 24.3 Å². The Morgan fingerprint density at radius 2 is 1.82 bits per heavy atom. The summed E-state index contributed by atoms with van der Waals surface area (Å²) in [7, 11) is 0. The Morgan fingerprint density at radius 1 is 1.11 bits per heavy atom. The minimum Gasteiger partial charge on any atom is -0.351 e. The second-order valence-corrected chi connectivity index (χ2v) is 7.96. The molecule has 6 nitrogen and oxygen atoms in total. The molecule has 1 saturated heterocycles. The molecule has 154 valence electrons. The Bertz CT molecular complexity index is 643. The van der Waals surface area contributed by atoms with Crippen molar-refractivity contribution in [1.82, 2.24) is 15.5 Å². The number of fused-ring (bicyclic) bond motifs is 1. The van der Waals surface area contributed by atoms with Crippen molar-refractivity contribution < 1.29 is 9.59 Å². The largest absolute Gasteiger partial charge is 0.351 e. The highest BCUT2D eigenvalue weighted by Crippen LogP contribution is 2.33. The monoisotopic (exact) mass is 386 g/mol. The van der Waals surface area contributed by atoms with Crippen molar-refractivity contribution in [2.45, 2.75) is 58.0 Å². The predicted octanol–water partition coefficient (Wildman–Crippen LogP) is 2.62. The number of carbonyl (C=O) groups excluding carboxylic acids is 2. The van der Waals surface area contributed by atoms with Crippen LogP contribution < -0.4 is 16.0 Å². The maximum atomic E-state index is 12.6. The molecule has 2 fully saturated rings. The SMILES string of the molecule is CCN(CC)CCNC(=O)c1ccc(NC(=O)C2CC3CCCCC3N2)cc1. The molecule has 0 radical (unpaired) electrons. The average molecular weight is 387 g/mol. The fraction of sp³-hybridized carbons (Fsp3) is 0.636. The molecular weight excluding hydrogens is 352 g/mol. The topological polar surface area (TPSA) is 73.5 Å². The Labute approximate surface area is 168 Å². The first-order valence-corrected chi connectivity index (χ1v) is 10.8. The lowest BCUT2D eigenvalue weighted by Gasteiger charge is -2.24. The van der Waals surface area contributed by atoms with Gasteiger partial charge in [0.05, 0.1) is 6.04 Å². The standard InChI is InChI=1S/C22H34N4O2/c1-3-26(4-2)14-13-23-21(27)16-9-11-18(12-10-16)24-22(28)20-15-17-7-5-6-8-19(17)25-20/h9-12,17,19-20,25H,3-8,13-15H2,1-2H3,(H,23,27)(H,24,28). The molecule has 3 unspecified atom stereocenters. The molecule has 1 heterocycles. The number of carbonyl (C=O) groups is 2. The molecule has 1 aliphatic carbocycles. The van der Waals surface area contributed by atoms with Crippen LogP contribution in [-0.4, -0.2) is 55.0 Å². The number of benzene rings is 1.